The summed E-state index contributed by atoms with van der Waals surface area (Å²) in [5.74, 6) is -0.526. The number of carbonyl (C=O) groups excluding carboxylic acids is 4. The summed E-state index contributed by atoms with van der Waals surface area (Å²) in [6.07, 6.45) is 1.76. The second kappa shape index (κ2) is 14.4. The van der Waals surface area contributed by atoms with E-state index in [1.165, 1.54) is 0 Å². The summed E-state index contributed by atoms with van der Waals surface area (Å²) in [7, 11) is 0. The zero-order chi connectivity index (χ0) is 31.1. The summed E-state index contributed by atoms with van der Waals surface area (Å²) in [5, 5.41) is 5.99. The minimum atomic E-state index is -0.460. The third-order valence-corrected chi connectivity index (χ3v) is 8.04. The molecule has 1 saturated carbocycles. The van der Waals surface area contributed by atoms with Crippen molar-refractivity contribution in [1.29, 1.82) is 0 Å². The number of aryl methyl sites for hydroxylation is 1. The second-order valence-electron chi connectivity index (χ2n) is 11.6. The number of rotatable bonds is 12. The summed E-state index contributed by atoms with van der Waals surface area (Å²) in [6.45, 7) is 8.31. The quantitative estimate of drug-likeness (QED) is 0.226. The largest absolute Gasteiger partial charge is 0.466 e. The number of hydrogen-bond donors (Lipinski definition) is 2. The lowest BCUT2D eigenvalue weighted by Gasteiger charge is -2.34. The Morgan fingerprint density at radius 1 is 0.818 bits per heavy atom. The van der Waals surface area contributed by atoms with E-state index in [4.69, 9.17) is 4.74 Å². The first kappa shape index (κ1) is 31.1. The average Bonchev–Trinajstić information content (AvgIpc) is 3.86. The predicted octanol–water partition coefficient (Wildman–Crippen LogP) is 4.90. The fourth-order valence-corrected chi connectivity index (χ4v) is 5.34. The maximum atomic E-state index is 13.0. The summed E-state index contributed by atoms with van der Waals surface area (Å²) < 4.78 is 4.86. The van der Waals surface area contributed by atoms with E-state index in [1.54, 1.807) is 6.92 Å². The maximum absolute atomic E-state index is 13.0. The molecule has 9 nitrogen and oxygen atoms in total. The van der Waals surface area contributed by atoms with E-state index < -0.39 is 5.97 Å². The normalized spacial score (nSPS) is 15.4. The van der Waals surface area contributed by atoms with Crippen LogP contribution in [0, 0.1) is 12.8 Å². The van der Waals surface area contributed by atoms with E-state index in [2.05, 4.69) is 20.4 Å². The highest BCUT2D eigenvalue weighted by Gasteiger charge is 2.29. The van der Waals surface area contributed by atoms with Crippen LogP contribution in [0.2, 0.25) is 0 Å². The number of ketones is 1. The molecule has 0 atom stereocenters. The molecule has 5 rings (SSSR count). The number of nitrogens with zero attached hydrogens (tertiary/aromatic N) is 2. The molecule has 1 aliphatic heterocycles. The van der Waals surface area contributed by atoms with Gasteiger partial charge in [0.2, 0.25) is 5.91 Å². The van der Waals surface area contributed by atoms with E-state index in [9.17, 15) is 19.2 Å². The molecular weight excluding hydrogens is 556 g/mol. The number of benzene rings is 3. The molecule has 44 heavy (non-hydrogen) atoms. The van der Waals surface area contributed by atoms with Gasteiger partial charge in [0.15, 0.2) is 5.78 Å². The Hall–Kier alpha value is -4.34. The van der Waals surface area contributed by atoms with Gasteiger partial charge in [0.25, 0.3) is 5.91 Å². The highest BCUT2D eigenvalue weighted by atomic mass is 16.5. The van der Waals surface area contributed by atoms with E-state index in [0.29, 0.717) is 5.56 Å². The van der Waals surface area contributed by atoms with E-state index >= 15 is 0 Å². The first-order valence-electron chi connectivity index (χ1n) is 15.3. The van der Waals surface area contributed by atoms with Crippen LogP contribution in [0.5, 0.6) is 0 Å². The molecule has 2 amide bonds. The zero-order valence-corrected chi connectivity index (χ0v) is 25.4. The van der Waals surface area contributed by atoms with Crippen LogP contribution in [0.4, 0.5) is 11.4 Å². The van der Waals surface area contributed by atoms with Crippen molar-refractivity contribution in [3.05, 3.63) is 83.4 Å². The highest BCUT2D eigenvalue weighted by molar-refractivity contribution is 6.04. The number of esters is 1. The standard InChI is InChI=1S/C35H40N4O5/c1-3-44-33(41)21-31(40)23-39-18-16-38(17-19-39)22-25-5-14-29(15-6-25)36-34(42)27-9-7-26(8-10-27)32-20-30(13-4-24(32)2)37-35(43)28-11-12-28/h4-10,13-15,20,28H,3,11-12,16-19,21-23H2,1-2H3,(H,36,42)(H,37,43). The van der Waals surface area contributed by atoms with Crippen LogP contribution < -0.4 is 10.6 Å². The third-order valence-electron chi connectivity index (χ3n) is 8.04. The second-order valence-corrected chi connectivity index (χ2v) is 11.6. The van der Waals surface area contributed by atoms with E-state index in [1.807, 2.05) is 73.7 Å². The summed E-state index contributed by atoms with van der Waals surface area (Å²) in [5.41, 5.74) is 6.31. The molecule has 2 aliphatic rings. The first-order valence-corrected chi connectivity index (χ1v) is 15.3. The van der Waals surface area contributed by atoms with Crippen molar-refractivity contribution >= 4 is 34.9 Å². The number of piperazine rings is 1. The smallest absolute Gasteiger partial charge is 0.313 e. The SMILES string of the molecule is CCOC(=O)CC(=O)CN1CCN(Cc2ccc(NC(=O)c3ccc(-c4cc(NC(=O)C5CC5)ccc4C)cc3)cc2)CC1. The number of ether oxygens (including phenoxy) is 1. The van der Waals surface area contributed by atoms with Crippen molar-refractivity contribution in [3.8, 4) is 11.1 Å². The monoisotopic (exact) mass is 596 g/mol. The molecule has 0 unspecified atom stereocenters. The molecule has 1 saturated heterocycles. The lowest BCUT2D eigenvalue weighted by molar-refractivity contribution is -0.145. The van der Waals surface area contributed by atoms with Crippen molar-refractivity contribution in [1.82, 2.24) is 9.80 Å². The van der Waals surface area contributed by atoms with Gasteiger partial charge >= 0.3 is 5.97 Å². The van der Waals surface area contributed by atoms with Crippen LogP contribution in [0.3, 0.4) is 0 Å². The Morgan fingerprint density at radius 3 is 2.14 bits per heavy atom. The van der Waals surface area contributed by atoms with Crippen LogP contribution in [0.25, 0.3) is 11.1 Å². The molecule has 3 aromatic carbocycles. The van der Waals surface area contributed by atoms with Gasteiger partial charge in [-0.2, -0.15) is 0 Å². The maximum Gasteiger partial charge on any atom is 0.313 e. The van der Waals surface area contributed by atoms with Crippen LogP contribution in [-0.4, -0.2) is 72.7 Å². The molecule has 2 fully saturated rings. The summed E-state index contributed by atoms with van der Waals surface area (Å²) in [4.78, 5) is 53.2. The molecule has 1 aliphatic carbocycles. The fourth-order valence-electron chi connectivity index (χ4n) is 5.34. The van der Waals surface area contributed by atoms with Crippen LogP contribution in [0.15, 0.2) is 66.7 Å². The van der Waals surface area contributed by atoms with E-state index in [0.717, 1.165) is 79.2 Å². The number of nitrogens with one attached hydrogen (secondary N) is 2. The van der Waals surface area contributed by atoms with Crippen molar-refractivity contribution in [2.45, 2.75) is 39.7 Å². The number of hydrogen-bond acceptors (Lipinski definition) is 7. The van der Waals surface area contributed by atoms with Crippen molar-refractivity contribution in [3.63, 3.8) is 0 Å². The first-order chi connectivity index (χ1) is 21.3. The number of carbonyl (C=O) groups is 4. The van der Waals surface area contributed by atoms with Gasteiger partial charge in [-0.05, 0) is 85.3 Å². The molecule has 3 aromatic rings. The molecule has 9 heteroatoms. The third kappa shape index (κ3) is 8.61. The van der Waals surface area contributed by atoms with Gasteiger partial charge < -0.3 is 15.4 Å². The molecule has 0 bridgehead atoms. The Balaban J connectivity index is 1.09. The van der Waals surface area contributed by atoms with Crippen molar-refractivity contribution in [2.75, 3.05) is 50.0 Å². The topological polar surface area (TPSA) is 108 Å². The van der Waals surface area contributed by atoms with Gasteiger partial charge in [-0.15, -0.1) is 0 Å². The number of Topliss-reactive ketones (excluding diaryl/α,β-unsaturated/α-hetero) is 1. The van der Waals surface area contributed by atoms with Crippen LogP contribution >= 0.6 is 0 Å². The minimum Gasteiger partial charge on any atom is -0.466 e. The number of anilines is 2. The Labute approximate surface area is 258 Å². The molecule has 0 aromatic heterocycles. The summed E-state index contributed by atoms with van der Waals surface area (Å²) >= 11 is 0. The van der Waals surface area contributed by atoms with E-state index in [-0.39, 0.29) is 43.1 Å². The molecule has 2 N–H and O–H groups in total. The minimum absolute atomic E-state index is 0.0808. The fraction of sp³-hybridized carbons (Fsp3) is 0.371. The molecule has 0 radical (unpaired) electrons. The lowest BCUT2D eigenvalue weighted by atomic mass is 9.98. The van der Waals surface area contributed by atoms with Crippen LogP contribution in [-0.2, 0) is 25.7 Å². The highest BCUT2D eigenvalue weighted by Crippen LogP contribution is 2.32. The Kier molecular flexibility index (Phi) is 10.2. The van der Waals surface area contributed by atoms with Crippen molar-refractivity contribution in [2.24, 2.45) is 5.92 Å². The Morgan fingerprint density at radius 2 is 1.48 bits per heavy atom. The van der Waals surface area contributed by atoms with Gasteiger partial charge in [0.1, 0.15) is 6.42 Å². The van der Waals surface area contributed by atoms with Gasteiger partial charge in [-0.1, -0.05) is 30.3 Å². The van der Waals surface area contributed by atoms with Gasteiger partial charge in [0.05, 0.1) is 13.2 Å². The van der Waals surface area contributed by atoms with Crippen LogP contribution in [0.1, 0.15) is 47.7 Å². The summed E-state index contributed by atoms with van der Waals surface area (Å²) in [6, 6.07) is 21.3. The van der Waals surface area contributed by atoms with Gasteiger partial charge in [-0.3, -0.25) is 29.0 Å². The average molecular weight is 597 g/mol. The van der Waals surface area contributed by atoms with Gasteiger partial charge in [-0.25, -0.2) is 0 Å². The predicted molar refractivity (Wildman–Crippen MR) is 170 cm³/mol. The molecular formula is C35H40N4O5. The van der Waals surface area contributed by atoms with Crippen molar-refractivity contribution < 1.29 is 23.9 Å². The molecule has 0 spiro atoms. The number of amides is 2. The lowest BCUT2D eigenvalue weighted by Crippen LogP contribution is -2.47. The Bertz CT molecular complexity index is 1490. The van der Waals surface area contributed by atoms with Gasteiger partial charge in [0, 0.05) is 55.6 Å². The molecule has 1 heterocycles. The zero-order valence-electron chi connectivity index (χ0n) is 25.4. The molecule has 230 valence electrons.